The number of nitrogens with zero attached hydrogens (tertiary/aromatic N) is 4. The van der Waals surface area contributed by atoms with Crippen LogP contribution in [0.2, 0.25) is 0 Å². The first-order valence-electron chi connectivity index (χ1n) is 9.72. The Labute approximate surface area is 172 Å². The predicted octanol–water partition coefficient (Wildman–Crippen LogP) is 5.09. The lowest BCUT2D eigenvalue weighted by molar-refractivity contribution is 0.405. The zero-order valence-corrected chi connectivity index (χ0v) is 17.3. The van der Waals surface area contributed by atoms with Crippen LogP contribution in [0, 0.1) is 11.3 Å². The Kier molecular flexibility index (Phi) is 4.35. The number of imidazole rings is 1. The summed E-state index contributed by atoms with van der Waals surface area (Å²) in [7, 11) is 4.15. The molecule has 0 radical (unpaired) electrons. The third-order valence-corrected chi connectivity index (χ3v) is 6.43. The Morgan fingerprint density at radius 3 is 2.76 bits per heavy atom. The number of hydrogen-bond donors (Lipinski definition) is 1. The summed E-state index contributed by atoms with van der Waals surface area (Å²) in [5.74, 6) is 0. The van der Waals surface area contributed by atoms with Gasteiger partial charge in [-0.3, -0.25) is 4.40 Å². The van der Waals surface area contributed by atoms with Gasteiger partial charge in [-0.25, -0.2) is 4.98 Å². The fourth-order valence-electron chi connectivity index (χ4n) is 3.95. The van der Waals surface area contributed by atoms with E-state index in [0.717, 1.165) is 52.1 Å². The number of benzene rings is 2. The molecule has 0 saturated heterocycles. The van der Waals surface area contributed by atoms with E-state index < -0.39 is 0 Å². The maximum absolute atomic E-state index is 10.1. The lowest BCUT2D eigenvalue weighted by Gasteiger charge is -2.13. The van der Waals surface area contributed by atoms with Crippen LogP contribution in [0.3, 0.4) is 0 Å². The molecule has 29 heavy (non-hydrogen) atoms. The third kappa shape index (κ3) is 2.82. The molecule has 5 aromatic rings. The first-order valence-corrected chi connectivity index (χ1v) is 10.5. The Balaban J connectivity index is 1.85. The van der Waals surface area contributed by atoms with E-state index in [1.807, 2.05) is 18.2 Å². The van der Waals surface area contributed by atoms with Crippen LogP contribution < -0.4 is 5.32 Å². The summed E-state index contributed by atoms with van der Waals surface area (Å²) in [6.45, 7) is 1.81. The van der Waals surface area contributed by atoms with Gasteiger partial charge in [0.05, 0.1) is 26.9 Å². The van der Waals surface area contributed by atoms with Crippen molar-refractivity contribution in [1.29, 1.82) is 5.26 Å². The molecule has 6 heteroatoms. The number of hydrogen-bond acceptors (Lipinski definition) is 5. The molecule has 3 heterocycles. The van der Waals surface area contributed by atoms with Crippen LogP contribution >= 0.6 is 11.3 Å². The summed E-state index contributed by atoms with van der Waals surface area (Å²) in [5.41, 5.74) is 5.32. The maximum Gasteiger partial charge on any atom is 0.158 e. The Morgan fingerprint density at radius 2 is 1.93 bits per heavy atom. The fraction of sp³-hybridized carbons (Fsp3) is 0.217. The number of thiophene rings is 1. The summed E-state index contributed by atoms with van der Waals surface area (Å²) in [4.78, 5) is 7.01. The van der Waals surface area contributed by atoms with Crippen LogP contribution in [0.5, 0.6) is 0 Å². The van der Waals surface area contributed by atoms with E-state index in [1.165, 1.54) is 10.1 Å². The van der Waals surface area contributed by atoms with E-state index in [1.54, 1.807) is 11.3 Å². The molecule has 5 rings (SSSR count). The van der Waals surface area contributed by atoms with Crippen LogP contribution in [-0.2, 0) is 0 Å². The van der Waals surface area contributed by atoms with Gasteiger partial charge in [-0.2, -0.15) is 5.26 Å². The first kappa shape index (κ1) is 17.9. The number of fused-ring (bicyclic) bond motifs is 7. The van der Waals surface area contributed by atoms with Crippen molar-refractivity contribution in [3.05, 3.63) is 54.1 Å². The molecule has 3 aromatic heterocycles. The van der Waals surface area contributed by atoms with E-state index in [4.69, 9.17) is 4.98 Å². The van der Waals surface area contributed by atoms with Crippen molar-refractivity contribution < 1.29 is 0 Å². The average Bonchev–Trinajstić information content (AvgIpc) is 3.29. The minimum absolute atomic E-state index is 0.616. The first-order chi connectivity index (χ1) is 14.2. The van der Waals surface area contributed by atoms with Gasteiger partial charge in [-0.05, 0) is 45.3 Å². The van der Waals surface area contributed by atoms with Gasteiger partial charge < -0.3 is 10.2 Å². The number of rotatable bonds is 5. The average molecular weight is 400 g/mol. The Bertz CT molecular complexity index is 1400. The minimum Gasteiger partial charge on any atom is -0.383 e. The van der Waals surface area contributed by atoms with Crippen molar-refractivity contribution in [3.63, 3.8) is 0 Å². The summed E-state index contributed by atoms with van der Waals surface area (Å²) in [6, 6.07) is 19.0. The molecule has 0 saturated carbocycles. The van der Waals surface area contributed by atoms with E-state index in [9.17, 15) is 5.26 Å². The van der Waals surface area contributed by atoms with Gasteiger partial charge in [0.2, 0.25) is 0 Å². The number of pyridine rings is 1. The molecule has 0 aliphatic carbocycles. The lowest BCUT2D eigenvalue weighted by Crippen LogP contribution is -2.16. The van der Waals surface area contributed by atoms with Crippen LogP contribution in [0.4, 0.5) is 5.69 Å². The van der Waals surface area contributed by atoms with E-state index in [0.29, 0.717) is 5.56 Å². The molecule has 0 unspecified atom stereocenters. The highest BCUT2D eigenvalue weighted by molar-refractivity contribution is 7.26. The van der Waals surface area contributed by atoms with Crippen LogP contribution in [0.1, 0.15) is 12.0 Å². The molecular formula is C23H21N5S. The van der Waals surface area contributed by atoms with Crippen molar-refractivity contribution in [2.75, 3.05) is 32.5 Å². The highest BCUT2D eigenvalue weighted by Gasteiger charge is 2.21. The molecule has 0 atom stereocenters. The monoisotopic (exact) mass is 399 g/mol. The molecular weight excluding hydrogens is 378 g/mol. The predicted molar refractivity (Wildman–Crippen MR) is 122 cm³/mol. The third-order valence-electron chi connectivity index (χ3n) is 5.25. The molecule has 0 spiro atoms. The van der Waals surface area contributed by atoms with Gasteiger partial charge in [0, 0.05) is 16.6 Å². The summed E-state index contributed by atoms with van der Waals surface area (Å²) in [6.07, 6.45) is 1.01. The second-order valence-corrected chi connectivity index (χ2v) is 8.53. The topological polar surface area (TPSA) is 56.4 Å². The van der Waals surface area contributed by atoms with Crippen molar-refractivity contribution in [2.24, 2.45) is 0 Å². The maximum atomic E-state index is 10.1. The van der Waals surface area contributed by atoms with E-state index in [-0.39, 0.29) is 0 Å². The normalized spacial score (nSPS) is 11.8. The Hall–Kier alpha value is -3.14. The van der Waals surface area contributed by atoms with Gasteiger partial charge in [0.25, 0.3) is 0 Å². The number of para-hydroxylation sites is 2. The molecule has 2 aromatic carbocycles. The molecule has 0 amide bonds. The molecule has 1 N–H and O–H groups in total. The number of anilines is 1. The lowest BCUT2D eigenvalue weighted by atomic mass is 10.1. The largest absolute Gasteiger partial charge is 0.383 e. The van der Waals surface area contributed by atoms with Crippen LogP contribution in [0.15, 0.2) is 48.5 Å². The Morgan fingerprint density at radius 1 is 1.14 bits per heavy atom. The second-order valence-electron chi connectivity index (χ2n) is 7.48. The van der Waals surface area contributed by atoms with E-state index >= 15 is 0 Å². The van der Waals surface area contributed by atoms with E-state index in [2.05, 4.69) is 65.1 Å². The van der Waals surface area contributed by atoms with Gasteiger partial charge in [-0.15, -0.1) is 11.3 Å². The molecule has 144 valence electrons. The molecule has 5 nitrogen and oxygen atoms in total. The highest BCUT2D eigenvalue weighted by atomic mass is 32.1. The molecule has 0 aliphatic rings. The van der Waals surface area contributed by atoms with Crippen molar-refractivity contribution in [2.45, 2.75) is 6.42 Å². The van der Waals surface area contributed by atoms with Gasteiger partial charge in [0.1, 0.15) is 11.6 Å². The standard InChI is InChI=1S/C23H21N5S/c1-27(2)13-7-12-25-20-16(14-24)23-26-17-9-4-5-10-18(17)28(23)21-15-8-3-6-11-19(15)29-22(20)21/h3-6,8-11,25H,7,12-13H2,1-2H3. The SMILES string of the molecule is CN(C)CCCNc1c(C#N)c2nc3ccccc3n2c2c1sc1ccccc12. The zero-order valence-electron chi connectivity index (χ0n) is 16.4. The summed E-state index contributed by atoms with van der Waals surface area (Å²) < 4.78 is 4.49. The minimum atomic E-state index is 0.616. The van der Waals surface area contributed by atoms with Crippen LogP contribution in [-0.4, -0.2) is 41.5 Å². The number of nitrogens with one attached hydrogen (secondary N) is 1. The highest BCUT2D eigenvalue weighted by Crippen LogP contribution is 2.42. The van der Waals surface area contributed by atoms with Gasteiger partial charge in [0.15, 0.2) is 5.65 Å². The smallest absolute Gasteiger partial charge is 0.158 e. The second kappa shape index (κ2) is 7.03. The summed E-state index contributed by atoms with van der Waals surface area (Å²) >= 11 is 1.74. The van der Waals surface area contributed by atoms with Crippen LogP contribution in [0.25, 0.3) is 37.0 Å². The molecule has 0 bridgehead atoms. The summed E-state index contributed by atoms with van der Waals surface area (Å²) in [5, 5.41) is 14.8. The van der Waals surface area contributed by atoms with Gasteiger partial charge >= 0.3 is 0 Å². The molecule has 0 fully saturated rings. The van der Waals surface area contributed by atoms with Crippen molar-refractivity contribution in [3.8, 4) is 6.07 Å². The quantitative estimate of drug-likeness (QED) is 0.418. The molecule has 0 aliphatic heterocycles. The number of nitriles is 1. The van der Waals surface area contributed by atoms with Crippen molar-refractivity contribution in [1.82, 2.24) is 14.3 Å². The number of aromatic nitrogens is 2. The van der Waals surface area contributed by atoms with Gasteiger partial charge in [-0.1, -0.05) is 30.3 Å². The van der Waals surface area contributed by atoms with Crippen molar-refractivity contribution >= 4 is 54.0 Å². The fourth-order valence-corrected chi connectivity index (χ4v) is 5.17. The zero-order chi connectivity index (χ0) is 20.0.